The third-order valence-electron chi connectivity index (χ3n) is 7.34. The molecular weight excluding hydrogens is 436 g/mol. The fourth-order valence-corrected chi connectivity index (χ4v) is 5.90. The minimum atomic E-state index is -1.02. The summed E-state index contributed by atoms with van der Waals surface area (Å²) in [6, 6.07) is -0.788. The van der Waals surface area contributed by atoms with Crippen LogP contribution in [0.4, 0.5) is 0 Å². The largest absolute Gasteiger partial charge is 0.461 e. The van der Waals surface area contributed by atoms with Gasteiger partial charge in [0.25, 0.3) is 0 Å². The van der Waals surface area contributed by atoms with Crippen molar-refractivity contribution >= 4 is 17.8 Å². The Morgan fingerprint density at radius 1 is 1.24 bits per heavy atom. The van der Waals surface area contributed by atoms with Gasteiger partial charge in [0, 0.05) is 25.2 Å². The number of amides is 2. The molecule has 0 radical (unpaired) electrons. The minimum absolute atomic E-state index is 0.0734. The molecule has 3 heterocycles. The summed E-state index contributed by atoms with van der Waals surface area (Å²) in [7, 11) is 0. The van der Waals surface area contributed by atoms with Gasteiger partial charge >= 0.3 is 5.97 Å². The fraction of sp³-hybridized carbons (Fsp3) is 0.731. The Morgan fingerprint density at radius 2 is 1.94 bits per heavy atom. The van der Waals surface area contributed by atoms with Crippen molar-refractivity contribution in [3.8, 4) is 0 Å². The van der Waals surface area contributed by atoms with Crippen LogP contribution >= 0.6 is 0 Å². The number of aliphatic hydroxyl groups excluding tert-OH is 1. The highest BCUT2D eigenvalue weighted by atomic mass is 16.6. The van der Waals surface area contributed by atoms with E-state index >= 15 is 0 Å². The van der Waals surface area contributed by atoms with Gasteiger partial charge in [-0.2, -0.15) is 0 Å². The molecule has 0 saturated carbocycles. The molecule has 0 aromatic carbocycles. The first-order chi connectivity index (χ1) is 16.1. The van der Waals surface area contributed by atoms with Crippen molar-refractivity contribution in [2.75, 3.05) is 26.3 Å². The standard InChI is InChI=1S/C26H40N2O6/c1-6-14-28(25(3,4)5)23(31)21-26-13-12-18(34-26)19(24(32)33-17-7-2)20(26)22(30)27(21)15-10-8-9-11-16-29/h6-7,18-21,29H,1-2,8-17H2,3-5H3/t18-,19+,20+,21?,26?/m1/s1. The summed E-state index contributed by atoms with van der Waals surface area (Å²) in [5.41, 5.74) is -1.50. The molecule has 8 nitrogen and oxygen atoms in total. The number of esters is 1. The van der Waals surface area contributed by atoms with Crippen LogP contribution in [0, 0.1) is 11.8 Å². The number of carbonyl (C=O) groups is 3. The van der Waals surface area contributed by atoms with Crippen LogP contribution in [0.15, 0.2) is 25.3 Å². The van der Waals surface area contributed by atoms with E-state index in [0.717, 1.165) is 12.8 Å². The number of hydrogen-bond acceptors (Lipinski definition) is 6. The van der Waals surface area contributed by atoms with E-state index in [1.54, 1.807) is 15.9 Å². The minimum Gasteiger partial charge on any atom is -0.461 e. The molecule has 3 saturated heterocycles. The SMILES string of the molecule is C=CCOC(=O)[C@@H]1[C@H]2C(=O)N(CCCCCCO)C(C(=O)N(CC=C)C(C)(C)C)C23CC[C@H]1O3. The van der Waals surface area contributed by atoms with Crippen LogP contribution in [0.2, 0.25) is 0 Å². The van der Waals surface area contributed by atoms with Gasteiger partial charge in [-0.05, 0) is 46.5 Å². The van der Waals surface area contributed by atoms with Gasteiger partial charge in [0.2, 0.25) is 11.8 Å². The van der Waals surface area contributed by atoms with Crippen LogP contribution in [0.1, 0.15) is 59.3 Å². The molecule has 0 aliphatic carbocycles. The highest BCUT2D eigenvalue weighted by molar-refractivity contribution is 5.98. The number of rotatable bonds is 12. The molecule has 5 atom stereocenters. The van der Waals surface area contributed by atoms with E-state index < -0.39 is 41.1 Å². The van der Waals surface area contributed by atoms with Crippen LogP contribution in [0.3, 0.4) is 0 Å². The van der Waals surface area contributed by atoms with Crippen LogP contribution in [0.5, 0.6) is 0 Å². The first kappa shape index (κ1) is 26.4. The monoisotopic (exact) mass is 476 g/mol. The van der Waals surface area contributed by atoms with E-state index in [4.69, 9.17) is 14.6 Å². The van der Waals surface area contributed by atoms with Gasteiger partial charge in [-0.25, -0.2) is 0 Å². The van der Waals surface area contributed by atoms with E-state index in [9.17, 15) is 14.4 Å². The summed E-state index contributed by atoms with van der Waals surface area (Å²) in [5, 5.41) is 9.05. The Labute approximate surface area is 202 Å². The molecule has 0 aromatic heterocycles. The van der Waals surface area contributed by atoms with Crippen LogP contribution in [-0.2, 0) is 23.9 Å². The molecule has 2 amide bonds. The van der Waals surface area contributed by atoms with Gasteiger partial charge in [-0.3, -0.25) is 14.4 Å². The quantitative estimate of drug-likeness (QED) is 0.264. The number of likely N-dealkylation sites (tertiary alicyclic amines) is 1. The van der Waals surface area contributed by atoms with Crippen LogP contribution in [0.25, 0.3) is 0 Å². The lowest BCUT2D eigenvalue weighted by atomic mass is 9.70. The summed E-state index contributed by atoms with van der Waals surface area (Å²) in [4.78, 5) is 44.2. The topological polar surface area (TPSA) is 96.4 Å². The first-order valence-electron chi connectivity index (χ1n) is 12.4. The summed E-state index contributed by atoms with van der Waals surface area (Å²) >= 11 is 0. The number of hydrogen-bond donors (Lipinski definition) is 1. The maximum absolute atomic E-state index is 14.1. The summed E-state index contributed by atoms with van der Waals surface area (Å²) in [6.07, 6.45) is 7.06. The lowest BCUT2D eigenvalue weighted by Gasteiger charge is -2.42. The van der Waals surface area contributed by atoms with Crippen molar-refractivity contribution < 1.29 is 29.0 Å². The zero-order valence-corrected chi connectivity index (χ0v) is 20.8. The van der Waals surface area contributed by atoms with Gasteiger partial charge in [0.15, 0.2) is 0 Å². The fourth-order valence-electron chi connectivity index (χ4n) is 5.90. The summed E-state index contributed by atoms with van der Waals surface area (Å²) < 4.78 is 11.8. The Morgan fingerprint density at radius 3 is 2.56 bits per heavy atom. The van der Waals surface area contributed by atoms with Gasteiger partial charge in [-0.15, -0.1) is 6.58 Å². The molecular formula is C26H40N2O6. The molecule has 190 valence electrons. The second-order valence-electron chi connectivity index (χ2n) is 10.6. The number of carbonyl (C=O) groups excluding carboxylic acids is 3. The lowest BCUT2D eigenvalue weighted by molar-refractivity contribution is -0.155. The van der Waals surface area contributed by atoms with Gasteiger partial charge in [-0.1, -0.05) is 31.6 Å². The number of aliphatic hydroxyl groups is 1. The van der Waals surface area contributed by atoms with Gasteiger partial charge in [0.1, 0.15) is 18.2 Å². The van der Waals surface area contributed by atoms with Crippen molar-refractivity contribution in [3.05, 3.63) is 25.3 Å². The van der Waals surface area contributed by atoms with Crippen LogP contribution < -0.4 is 0 Å². The molecule has 3 rings (SSSR count). The maximum atomic E-state index is 14.1. The van der Waals surface area contributed by atoms with Crippen molar-refractivity contribution in [3.63, 3.8) is 0 Å². The molecule has 3 aliphatic rings. The number of fused-ring (bicyclic) bond motifs is 1. The Hall–Kier alpha value is -2.19. The van der Waals surface area contributed by atoms with E-state index in [-0.39, 0.29) is 25.0 Å². The van der Waals surface area contributed by atoms with E-state index in [2.05, 4.69) is 13.2 Å². The molecule has 3 aliphatic heterocycles. The highest BCUT2D eigenvalue weighted by Crippen LogP contribution is 2.59. The van der Waals surface area contributed by atoms with E-state index in [1.807, 2.05) is 20.8 Å². The molecule has 3 fully saturated rings. The third-order valence-corrected chi connectivity index (χ3v) is 7.34. The Balaban J connectivity index is 1.95. The van der Waals surface area contributed by atoms with E-state index in [0.29, 0.717) is 38.8 Å². The number of unbranched alkanes of at least 4 members (excludes halogenated alkanes) is 3. The molecule has 2 bridgehead atoms. The maximum Gasteiger partial charge on any atom is 0.312 e. The predicted octanol–water partition coefficient (Wildman–Crippen LogP) is 2.46. The zero-order chi connectivity index (χ0) is 25.1. The molecule has 34 heavy (non-hydrogen) atoms. The van der Waals surface area contributed by atoms with Crippen molar-refractivity contribution in [1.29, 1.82) is 0 Å². The van der Waals surface area contributed by atoms with Crippen molar-refractivity contribution in [2.45, 2.75) is 82.6 Å². The molecule has 8 heteroatoms. The molecule has 2 unspecified atom stereocenters. The van der Waals surface area contributed by atoms with Crippen molar-refractivity contribution in [2.24, 2.45) is 11.8 Å². The van der Waals surface area contributed by atoms with E-state index in [1.165, 1.54) is 6.08 Å². The molecule has 1 spiro atoms. The smallest absolute Gasteiger partial charge is 0.312 e. The molecule has 1 N–H and O–H groups in total. The third kappa shape index (κ3) is 4.67. The average Bonchev–Trinajstić information content (AvgIpc) is 3.42. The summed E-state index contributed by atoms with van der Waals surface area (Å²) in [5.74, 6) is -2.26. The Kier molecular flexibility index (Phi) is 8.24. The molecule has 0 aromatic rings. The number of ether oxygens (including phenoxy) is 2. The van der Waals surface area contributed by atoms with Gasteiger partial charge in [0.05, 0.1) is 17.9 Å². The second-order valence-corrected chi connectivity index (χ2v) is 10.6. The van der Waals surface area contributed by atoms with Crippen LogP contribution in [-0.4, -0.2) is 82.3 Å². The number of nitrogens with zero attached hydrogens (tertiary/aromatic N) is 2. The normalized spacial score (nSPS) is 29.8. The first-order valence-corrected chi connectivity index (χ1v) is 12.4. The average molecular weight is 477 g/mol. The van der Waals surface area contributed by atoms with Crippen molar-refractivity contribution in [1.82, 2.24) is 9.80 Å². The highest BCUT2D eigenvalue weighted by Gasteiger charge is 2.75. The Bertz CT molecular complexity index is 806. The second kappa shape index (κ2) is 10.6. The summed E-state index contributed by atoms with van der Waals surface area (Å²) in [6.45, 7) is 14.3. The lowest BCUT2D eigenvalue weighted by Crippen LogP contribution is -2.59. The predicted molar refractivity (Wildman–Crippen MR) is 128 cm³/mol. The van der Waals surface area contributed by atoms with Gasteiger partial charge < -0.3 is 24.4 Å². The zero-order valence-electron chi connectivity index (χ0n) is 20.8.